The third-order valence-electron chi connectivity index (χ3n) is 3.54. The van der Waals surface area contributed by atoms with Gasteiger partial charge in [-0.25, -0.2) is 4.39 Å². The molecular formula is C15H19FN2. The highest BCUT2D eigenvalue weighted by Crippen LogP contribution is 2.29. The molecule has 0 unspecified atom stereocenters. The summed E-state index contributed by atoms with van der Waals surface area (Å²) in [5.74, 6) is -0.430. The van der Waals surface area contributed by atoms with Gasteiger partial charge in [0.2, 0.25) is 0 Å². The van der Waals surface area contributed by atoms with Gasteiger partial charge in [0, 0.05) is 13.1 Å². The summed E-state index contributed by atoms with van der Waals surface area (Å²) in [6, 6.07) is 6.73. The lowest BCUT2D eigenvalue weighted by Gasteiger charge is -2.38. The van der Waals surface area contributed by atoms with Gasteiger partial charge in [0.1, 0.15) is 11.9 Å². The van der Waals surface area contributed by atoms with E-state index in [1.807, 2.05) is 6.07 Å². The Labute approximate surface area is 108 Å². The van der Waals surface area contributed by atoms with Crippen molar-refractivity contribution in [2.75, 3.05) is 13.1 Å². The van der Waals surface area contributed by atoms with Crippen LogP contribution in [0.15, 0.2) is 18.2 Å². The van der Waals surface area contributed by atoms with E-state index in [-0.39, 0.29) is 5.56 Å². The number of likely N-dealkylation sites (tertiary alicyclic amines) is 1. The van der Waals surface area contributed by atoms with Crippen LogP contribution in [0.25, 0.3) is 0 Å². The summed E-state index contributed by atoms with van der Waals surface area (Å²) >= 11 is 0. The van der Waals surface area contributed by atoms with E-state index in [0.717, 1.165) is 25.2 Å². The van der Waals surface area contributed by atoms with Crippen molar-refractivity contribution in [3.63, 3.8) is 0 Å². The molecule has 1 aromatic rings. The molecule has 18 heavy (non-hydrogen) atoms. The maximum Gasteiger partial charge on any atom is 0.140 e. The minimum atomic E-state index is -0.430. The van der Waals surface area contributed by atoms with Crippen molar-refractivity contribution in [3.8, 4) is 6.07 Å². The quantitative estimate of drug-likeness (QED) is 0.800. The van der Waals surface area contributed by atoms with Gasteiger partial charge in [-0.15, -0.1) is 0 Å². The van der Waals surface area contributed by atoms with Crippen molar-refractivity contribution < 1.29 is 4.39 Å². The second kappa shape index (κ2) is 5.07. The van der Waals surface area contributed by atoms with E-state index in [4.69, 9.17) is 5.26 Å². The van der Waals surface area contributed by atoms with Crippen LogP contribution in [0.1, 0.15) is 37.8 Å². The molecule has 0 aromatic heterocycles. The standard InChI is InChI=1S/C15H19FN2/c1-15(2)6-3-7-18(11-15)10-12-4-5-14(16)13(8-12)9-17/h4-5,8H,3,6-7,10-11H2,1-2H3. The maximum absolute atomic E-state index is 13.2. The zero-order chi connectivity index (χ0) is 13.2. The van der Waals surface area contributed by atoms with Crippen LogP contribution in [-0.4, -0.2) is 18.0 Å². The van der Waals surface area contributed by atoms with Gasteiger partial charge in [0.15, 0.2) is 0 Å². The Morgan fingerprint density at radius 2 is 2.22 bits per heavy atom. The molecule has 0 saturated carbocycles. The highest BCUT2D eigenvalue weighted by Gasteiger charge is 2.26. The van der Waals surface area contributed by atoms with Crippen LogP contribution in [-0.2, 0) is 6.54 Å². The zero-order valence-electron chi connectivity index (χ0n) is 11.0. The van der Waals surface area contributed by atoms with E-state index in [9.17, 15) is 4.39 Å². The Hall–Kier alpha value is -1.40. The molecule has 0 N–H and O–H groups in total. The first-order valence-corrected chi connectivity index (χ1v) is 6.41. The van der Waals surface area contributed by atoms with E-state index in [2.05, 4.69) is 18.7 Å². The Morgan fingerprint density at radius 1 is 1.44 bits per heavy atom. The molecule has 0 bridgehead atoms. The SMILES string of the molecule is CC1(C)CCCN(Cc2ccc(F)c(C#N)c2)C1. The molecule has 0 radical (unpaired) electrons. The first-order chi connectivity index (χ1) is 8.50. The number of nitriles is 1. The van der Waals surface area contributed by atoms with Crippen molar-refractivity contribution >= 4 is 0 Å². The van der Waals surface area contributed by atoms with Crippen molar-refractivity contribution in [1.82, 2.24) is 4.90 Å². The summed E-state index contributed by atoms with van der Waals surface area (Å²) in [5.41, 5.74) is 1.52. The summed E-state index contributed by atoms with van der Waals surface area (Å²) in [4.78, 5) is 2.39. The van der Waals surface area contributed by atoms with Gasteiger partial charge < -0.3 is 0 Å². The van der Waals surface area contributed by atoms with Gasteiger partial charge in [-0.3, -0.25) is 4.90 Å². The molecule has 1 saturated heterocycles. The number of piperidine rings is 1. The largest absolute Gasteiger partial charge is 0.299 e. The Kier molecular flexibility index (Phi) is 3.68. The predicted molar refractivity (Wildman–Crippen MR) is 69.4 cm³/mol. The minimum absolute atomic E-state index is 0.142. The fraction of sp³-hybridized carbons (Fsp3) is 0.533. The van der Waals surface area contributed by atoms with Crippen molar-refractivity contribution in [3.05, 3.63) is 35.1 Å². The van der Waals surface area contributed by atoms with Crippen LogP contribution in [0.4, 0.5) is 4.39 Å². The molecule has 96 valence electrons. The van der Waals surface area contributed by atoms with Gasteiger partial charge in [0.05, 0.1) is 5.56 Å². The van der Waals surface area contributed by atoms with E-state index >= 15 is 0 Å². The lowest BCUT2D eigenvalue weighted by molar-refractivity contribution is 0.111. The topological polar surface area (TPSA) is 27.0 Å². The van der Waals surface area contributed by atoms with Crippen LogP contribution in [0.2, 0.25) is 0 Å². The third kappa shape index (κ3) is 3.08. The molecule has 0 amide bonds. The fourth-order valence-electron chi connectivity index (χ4n) is 2.69. The molecule has 1 aliphatic rings. The Balaban J connectivity index is 2.08. The fourth-order valence-corrected chi connectivity index (χ4v) is 2.69. The molecule has 0 spiro atoms. The molecule has 1 heterocycles. The molecular weight excluding hydrogens is 227 g/mol. The molecule has 2 rings (SSSR count). The number of nitrogens with zero attached hydrogens (tertiary/aromatic N) is 2. The van der Waals surface area contributed by atoms with Crippen LogP contribution in [0, 0.1) is 22.6 Å². The van der Waals surface area contributed by atoms with Crippen LogP contribution < -0.4 is 0 Å². The second-order valence-electron chi connectivity index (χ2n) is 5.90. The van der Waals surface area contributed by atoms with E-state index in [1.54, 1.807) is 12.1 Å². The summed E-state index contributed by atoms with van der Waals surface area (Å²) in [6.07, 6.45) is 2.47. The number of hydrogen-bond acceptors (Lipinski definition) is 2. The molecule has 1 fully saturated rings. The van der Waals surface area contributed by atoms with Gasteiger partial charge in [-0.05, 0) is 42.5 Å². The van der Waals surface area contributed by atoms with Gasteiger partial charge in [-0.1, -0.05) is 19.9 Å². The molecule has 1 aromatic carbocycles. The summed E-state index contributed by atoms with van der Waals surface area (Å²) in [5, 5.41) is 8.83. The Morgan fingerprint density at radius 3 is 2.89 bits per heavy atom. The smallest absolute Gasteiger partial charge is 0.140 e. The first-order valence-electron chi connectivity index (χ1n) is 6.41. The van der Waals surface area contributed by atoms with E-state index in [0.29, 0.717) is 5.41 Å². The lowest BCUT2D eigenvalue weighted by Crippen LogP contribution is -2.39. The average Bonchev–Trinajstić information content (AvgIpc) is 2.30. The number of halogens is 1. The maximum atomic E-state index is 13.2. The highest BCUT2D eigenvalue weighted by atomic mass is 19.1. The van der Waals surface area contributed by atoms with Gasteiger partial charge in [-0.2, -0.15) is 5.26 Å². The van der Waals surface area contributed by atoms with Crippen molar-refractivity contribution in [2.24, 2.45) is 5.41 Å². The normalized spacial score (nSPS) is 19.4. The average molecular weight is 246 g/mol. The first kappa shape index (κ1) is 13.0. The number of rotatable bonds is 2. The van der Waals surface area contributed by atoms with Gasteiger partial charge in [0.25, 0.3) is 0 Å². The summed E-state index contributed by atoms with van der Waals surface area (Å²) < 4.78 is 13.2. The number of benzene rings is 1. The molecule has 0 atom stereocenters. The monoisotopic (exact) mass is 246 g/mol. The van der Waals surface area contributed by atoms with Crippen LogP contribution in [0.5, 0.6) is 0 Å². The lowest BCUT2D eigenvalue weighted by atomic mass is 9.84. The Bertz CT molecular complexity index is 474. The highest BCUT2D eigenvalue weighted by molar-refractivity contribution is 5.34. The summed E-state index contributed by atoms with van der Waals surface area (Å²) in [6.45, 7) is 7.52. The van der Waals surface area contributed by atoms with Crippen molar-refractivity contribution in [1.29, 1.82) is 5.26 Å². The molecule has 0 aliphatic carbocycles. The molecule has 3 heteroatoms. The number of hydrogen-bond donors (Lipinski definition) is 0. The van der Waals surface area contributed by atoms with Gasteiger partial charge >= 0.3 is 0 Å². The van der Waals surface area contributed by atoms with Crippen LogP contribution >= 0.6 is 0 Å². The van der Waals surface area contributed by atoms with E-state index in [1.165, 1.54) is 18.9 Å². The van der Waals surface area contributed by atoms with Crippen LogP contribution in [0.3, 0.4) is 0 Å². The minimum Gasteiger partial charge on any atom is -0.299 e. The zero-order valence-corrected chi connectivity index (χ0v) is 11.0. The molecule has 2 nitrogen and oxygen atoms in total. The van der Waals surface area contributed by atoms with E-state index < -0.39 is 5.82 Å². The predicted octanol–water partition coefficient (Wildman–Crippen LogP) is 3.32. The molecule has 1 aliphatic heterocycles. The van der Waals surface area contributed by atoms with Crippen molar-refractivity contribution in [2.45, 2.75) is 33.2 Å². The summed E-state index contributed by atoms with van der Waals surface area (Å²) in [7, 11) is 0. The second-order valence-corrected chi connectivity index (χ2v) is 5.90. The third-order valence-corrected chi connectivity index (χ3v) is 3.54.